The van der Waals surface area contributed by atoms with Crippen molar-refractivity contribution in [1.82, 2.24) is 0 Å². The molecule has 0 amide bonds. The molecule has 0 aliphatic rings. The number of rotatable bonds is 4. The minimum Gasteiger partial charge on any atom is -0.416 e. The van der Waals surface area contributed by atoms with Crippen LogP contribution < -0.4 is 0 Å². The van der Waals surface area contributed by atoms with Gasteiger partial charge in [0.1, 0.15) is 0 Å². The molecule has 0 spiro atoms. The quantitative estimate of drug-likeness (QED) is 0.542. The zero-order chi connectivity index (χ0) is 11.4. The lowest BCUT2D eigenvalue weighted by Crippen LogP contribution is -2.41. The predicted molar refractivity (Wildman–Crippen MR) is 75.5 cm³/mol. The standard InChI is InChI=1S/C11H23IOSi/c1-10(7-8-12)9-13-14(5,6)11(2,3)4/h7-8,10H,9H2,1-6H3/b8-7+. The minimum atomic E-state index is -1.53. The second kappa shape index (κ2) is 5.65. The fourth-order valence-corrected chi connectivity index (χ4v) is 2.56. The van der Waals surface area contributed by atoms with Crippen molar-refractivity contribution in [3.63, 3.8) is 0 Å². The van der Waals surface area contributed by atoms with Crippen LogP contribution in [0.4, 0.5) is 0 Å². The van der Waals surface area contributed by atoms with Gasteiger partial charge in [-0.1, -0.05) is 56.4 Å². The molecular formula is C11H23IOSi. The summed E-state index contributed by atoms with van der Waals surface area (Å²) in [5, 5.41) is 0.320. The van der Waals surface area contributed by atoms with Crippen LogP contribution in [0.5, 0.6) is 0 Å². The Morgan fingerprint density at radius 1 is 1.36 bits per heavy atom. The van der Waals surface area contributed by atoms with Crippen LogP contribution in [0.3, 0.4) is 0 Å². The Morgan fingerprint density at radius 3 is 2.21 bits per heavy atom. The maximum absolute atomic E-state index is 6.09. The fraction of sp³-hybridized carbons (Fsp3) is 0.818. The van der Waals surface area contributed by atoms with Crippen LogP contribution in [0.2, 0.25) is 18.1 Å². The molecule has 1 nitrogen and oxygen atoms in total. The van der Waals surface area contributed by atoms with Gasteiger partial charge in [0.2, 0.25) is 0 Å². The molecule has 0 aliphatic carbocycles. The van der Waals surface area contributed by atoms with Gasteiger partial charge < -0.3 is 4.43 Å². The molecule has 0 saturated carbocycles. The summed E-state index contributed by atoms with van der Waals surface area (Å²) in [7, 11) is -1.53. The lowest BCUT2D eigenvalue weighted by atomic mass is 10.2. The Labute approximate surface area is 104 Å². The third-order valence-electron chi connectivity index (χ3n) is 2.91. The monoisotopic (exact) mass is 326 g/mol. The van der Waals surface area contributed by atoms with Crippen molar-refractivity contribution >= 4 is 30.9 Å². The summed E-state index contributed by atoms with van der Waals surface area (Å²) in [6.45, 7) is 14.5. The molecule has 0 aliphatic heterocycles. The first-order valence-electron chi connectivity index (χ1n) is 5.11. The van der Waals surface area contributed by atoms with E-state index in [2.05, 4.69) is 73.5 Å². The van der Waals surface area contributed by atoms with Gasteiger partial charge in [0.25, 0.3) is 0 Å². The molecule has 0 fully saturated rings. The van der Waals surface area contributed by atoms with Crippen LogP contribution in [0.1, 0.15) is 27.7 Å². The van der Waals surface area contributed by atoms with E-state index in [-0.39, 0.29) is 0 Å². The van der Waals surface area contributed by atoms with Crippen molar-refractivity contribution in [2.24, 2.45) is 5.92 Å². The van der Waals surface area contributed by atoms with Gasteiger partial charge in [0.15, 0.2) is 8.32 Å². The van der Waals surface area contributed by atoms with Gasteiger partial charge in [-0.15, -0.1) is 0 Å². The normalized spacial score (nSPS) is 16.2. The lowest BCUT2D eigenvalue weighted by molar-refractivity contribution is 0.259. The topological polar surface area (TPSA) is 9.23 Å². The summed E-state index contributed by atoms with van der Waals surface area (Å²) in [5.74, 6) is 0.529. The Morgan fingerprint density at radius 2 is 1.86 bits per heavy atom. The maximum atomic E-state index is 6.09. The molecule has 0 radical (unpaired) electrons. The van der Waals surface area contributed by atoms with E-state index in [9.17, 15) is 0 Å². The van der Waals surface area contributed by atoms with Crippen molar-refractivity contribution in [2.75, 3.05) is 6.61 Å². The molecule has 0 bridgehead atoms. The van der Waals surface area contributed by atoms with Crippen molar-refractivity contribution < 1.29 is 4.43 Å². The Bertz CT molecular complexity index is 194. The Kier molecular flexibility index (Phi) is 5.92. The zero-order valence-electron chi connectivity index (χ0n) is 10.2. The Balaban J connectivity index is 4.12. The van der Waals surface area contributed by atoms with Gasteiger partial charge >= 0.3 is 0 Å². The van der Waals surface area contributed by atoms with E-state index in [4.69, 9.17) is 4.43 Å². The van der Waals surface area contributed by atoms with E-state index in [1.54, 1.807) is 0 Å². The molecule has 0 aromatic heterocycles. The average Bonchev–Trinajstić information content (AvgIpc) is 1.99. The SMILES string of the molecule is CC(/C=C/I)CO[Si](C)(C)C(C)(C)C. The summed E-state index contributed by atoms with van der Waals surface area (Å²) in [4.78, 5) is 0. The van der Waals surface area contributed by atoms with Gasteiger partial charge in [-0.05, 0) is 28.1 Å². The molecule has 0 rings (SSSR count). The summed E-state index contributed by atoms with van der Waals surface area (Å²) < 4.78 is 8.16. The third kappa shape index (κ3) is 4.93. The second-order valence-electron chi connectivity index (χ2n) is 5.37. The van der Waals surface area contributed by atoms with E-state index in [0.717, 1.165) is 6.61 Å². The molecule has 0 N–H and O–H groups in total. The molecule has 0 heterocycles. The molecule has 1 atom stereocenters. The fourth-order valence-electron chi connectivity index (χ4n) is 0.736. The second-order valence-corrected chi connectivity index (χ2v) is 10.9. The van der Waals surface area contributed by atoms with Crippen LogP contribution in [0.25, 0.3) is 0 Å². The van der Waals surface area contributed by atoms with Gasteiger partial charge in [-0.3, -0.25) is 0 Å². The van der Waals surface area contributed by atoms with Crippen LogP contribution in [-0.2, 0) is 4.43 Å². The van der Waals surface area contributed by atoms with Gasteiger partial charge in [0, 0.05) is 6.61 Å². The molecular weight excluding hydrogens is 303 g/mol. The highest BCUT2D eigenvalue weighted by Crippen LogP contribution is 2.36. The van der Waals surface area contributed by atoms with E-state index in [0.29, 0.717) is 11.0 Å². The molecule has 84 valence electrons. The summed E-state index contributed by atoms with van der Waals surface area (Å²) in [6, 6.07) is 0. The van der Waals surface area contributed by atoms with Gasteiger partial charge in [-0.2, -0.15) is 0 Å². The highest BCUT2D eigenvalue weighted by atomic mass is 127. The van der Waals surface area contributed by atoms with E-state index >= 15 is 0 Å². The highest BCUT2D eigenvalue weighted by Gasteiger charge is 2.37. The predicted octanol–water partition coefficient (Wildman–Crippen LogP) is 4.59. The first-order valence-corrected chi connectivity index (χ1v) is 9.27. The first kappa shape index (κ1) is 14.6. The van der Waals surface area contributed by atoms with Crippen molar-refractivity contribution in [1.29, 1.82) is 0 Å². The van der Waals surface area contributed by atoms with Crippen LogP contribution >= 0.6 is 22.6 Å². The average molecular weight is 326 g/mol. The molecule has 0 aromatic rings. The molecule has 3 heteroatoms. The molecule has 14 heavy (non-hydrogen) atoms. The Hall–Kier alpha value is 0.647. The van der Waals surface area contributed by atoms with Gasteiger partial charge in [0.05, 0.1) is 0 Å². The van der Waals surface area contributed by atoms with Gasteiger partial charge in [-0.25, -0.2) is 0 Å². The van der Waals surface area contributed by atoms with Crippen molar-refractivity contribution in [2.45, 2.75) is 45.8 Å². The smallest absolute Gasteiger partial charge is 0.192 e. The van der Waals surface area contributed by atoms with Crippen LogP contribution in [-0.4, -0.2) is 14.9 Å². The highest BCUT2D eigenvalue weighted by molar-refractivity contribution is 14.1. The third-order valence-corrected chi connectivity index (χ3v) is 7.83. The summed E-state index contributed by atoms with van der Waals surface area (Å²) in [5.41, 5.74) is 0. The minimum absolute atomic E-state index is 0.320. The number of halogens is 1. The van der Waals surface area contributed by atoms with E-state index in [1.165, 1.54) is 0 Å². The van der Waals surface area contributed by atoms with Crippen LogP contribution in [0.15, 0.2) is 10.2 Å². The maximum Gasteiger partial charge on any atom is 0.192 e. The van der Waals surface area contributed by atoms with E-state index < -0.39 is 8.32 Å². The number of hydrogen-bond donors (Lipinski definition) is 0. The van der Waals surface area contributed by atoms with Crippen molar-refractivity contribution in [3.05, 3.63) is 10.2 Å². The van der Waals surface area contributed by atoms with Crippen molar-refractivity contribution in [3.8, 4) is 0 Å². The summed E-state index contributed by atoms with van der Waals surface area (Å²) >= 11 is 2.25. The zero-order valence-corrected chi connectivity index (χ0v) is 13.4. The first-order chi connectivity index (χ1) is 6.20. The lowest BCUT2D eigenvalue weighted by Gasteiger charge is -2.36. The summed E-state index contributed by atoms with van der Waals surface area (Å²) in [6.07, 6.45) is 2.19. The molecule has 1 unspecified atom stereocenters. The molecule has 0 aromatic carbocycles. The number of hydrogen-bond acceptors (Lipinski definition) is 1. The van der Waals surface area contributed by atoms with Crippen LogP contribution in [0, 0.1) is 5.92 Å². The largest absolute Gasteiger partial charge is 0.416 e. The van der Waals surface area contributed by atoms with E-state index in [1.807, 2.05) is 0 Å². The molecule has 0 saturated heterocycles.